The normalized spacial score (nSPS) is 13.7. The highest BCUT2D eigenvalue weighted by atomic mass is 16.4. The number of hydrogen-bond acceptors (Lipinski definition) is 10. The molecule has 0 aliphatic rings. The minimum Gasteiger partial charge on any atom is -0.481 e. The van der Waals surface area contributed by atoms with Gasteiger partial charge in [-0.25, -0.2) is 4.79 Å². The van der Waals surface area contributed by atoms with Crippen molar-refractivity contribution in [1.29, 1.82) is 0 Å². The van der Waals surface area contributed by atoms with Gasteiger partial charge in [0.25, 0.3) is 0 Å². The molecule has 0 aromatic heterocycles. The van der Waals surface area contributed by atoms with Crippen LogP contribution in [0.2, 0.25) is 0 Å². The highest BCUT2D eigenvalue weighted by Gasteiger charge is 2.29. The lowest BCUT2D eigenvalue weighted by Gasteiger charge is -2.22. The fraction of sp³-hybridized carbons (Fsp3) is 0.696. The summed E-state index contributed by atoms with van der Waals surface area (Å²) < 4.78 is 0. The molecule has 0 aromatic rings. The van der Waals surface area contributed by atoms with E-state index in [9.17, 15) is 38.7 Å². The third-order valence-corrected chi connectivity index (χ3v) is 5.60. The van der Waals surface area contributed by atoms with Crippen LogP contribution in [-0.2, 0) is 33.6 Å². The van der Waals surface area contributed by atoms with Crippen molar-refractivity contribution in [3.63, 3.8) is 0 Å². The maximum absolute atomic E-state index is 12.6. The molecule has 4 atom stereocenters. The van der Waals surface area contributed by atoms with Crippen molar-refractivity contribution in [1.82, 2.24) is 21.3 Å². The van der Waals surface area contributed by atoms with Crippen LogP contribution in [0.25, 0.3) is 0 Å². The molecule has 0 heterocycles. The first kappa shape index (κ1) is 36.2. The number of amides is 4. The van der Waals surface area contributed by atoms with E-state index in [0.29, 0.717) is 38.8 Å². The van der Waals surface area contributed by atoms with Gasteiger partial charge in [0.05, 0.1) is 19.0 Å². The number of carbonyl (C=O) groups is 7. The van der Waals surface area contributed by atoms with E-state index in [1.54, 1.807) is 0 Å². The molecule has 0 rings (SSSR count). The summed E-state index contributed by atoms with van der Waals surface area (Å²) in [6, 6.07) is -5.32. The zero-order valence-electron chi connectivity index (χ0n) is 22.2. The SMILES string of the molecule is NCCCCC(N)C(=O)NC(CCC(=O)O)C(=O)NCC(=O)NC(CC(=O)O)C(=O)NC(CCCCN)C(=O)O. The van der Waals surface area contributed by atoms with E-state index in [4.69, 9.17) is 27.4 Å². The number of unbranched alkanes of at least 4 members (excludes halogenated alkanes) is 2. The fourth-order valence-electron chi connectivity index (χ4n) is 3.40. The third kappa shape index (κ3) is 16.2. The molecule has 4 amide bonds. The van der Waals surface area contributed by atoms with Gasteiger partial charge in [0.2, 0.25) is 23.6 Å². The predicted octanol–water partition coefficient (Wildman–Crippen LogP) is -3.43. The molecule has 0 aliphatic heterocycles. The van der Waals surface area contributed by atoms with E-state index in [-0.39, 0.29) is 19.3 Å². The summed E-state index contributed by atoms with van der Waals surface area (Å²) in [5.41, 5.74) is 16.6. The molecule has 0 aliphatic carbocycles. The number of nitrogens with one attached hydrogen (secondary N) is 4. The van der Waals surface area contributed by atoms with Crippen LogP contribution >= 0.6 is 0 Å². The second kappa shape index (κ2) is 20.1. The van der Waals surface area contributed by atoms with Gasteiger partial charge in [-0.3, -0.25) is 28.8 Å². The fourth-order valence-corrected chi connectivity index (χ4v) is 3.40. The first-order valence-electron chi connectivity index (χ1n) is 12.8. The highest BCUT2D eigenvalue weighted by Crippen LogP contribution is 2.04. The Hall–Kier alpha value is -3.83. The lowest BCUT2D eigenvalue weighted by Crippen LogP contribution is -2.55. The van der Waals surface area contributed by atoms with Gasteiger partial charge in [-0.15, -0.1) is 0 Å². The first-order chi connectivity index (χ1) is 18.8. The van der Waals surface area contributed by atoms with Gasteiger partial charge in [0.1, 0.15) is 18.1 Å². The Kier molecular flexibility index (Phi) is 18.2. The van der Waals surface area contributed by atoms with Crippen molar-refractivity contribution >= 4 is 41.5 Å². The molecule has 0 saturated heterocycles. The lowest BCUT2D eigenvalue weighted by atomic mass is 10.1. The van der Waals surface area contributed by atoms with E-state index in [1.165, 1.54) is 0 Å². The van der Waals surface area contributed by atoms with E-state index in [1.807, 2.05) is 0 Å². The molecular weight excluding hydrogens is 534 g/mol. The summed E-state index contributed by atoms with van der Waals surface area (Å²) in [5.74, 6) is -7.72. The minimum atomic E-state index is -1.66. The molecule has 0 spiro atoms. The van der Waals surface area contributed by atoms with Gasteiger partial charge in [0, 0.05) is 6.42 Å². The first-order valence-corrected chi connectivity index (χ1v) is 12.8. The zero-order valence-corrected chi connectivity index (χ0v) is 22.2. The van der Waals surface area contributed by atoms with Crippen molar-refractivity contribution in [2.24, 2.45) is 17.2 Å². The van der Waals surface area contributed by atoms with Crippen LogP contribution in [0.3, 0.4) is 0 Å². The van der Waals surface area contributed by atoms with Gasteiger partial charge in [-0.05, 0) is 51.6 Å². The van der Waals surface area contributed by atoms with Gasteiger partial charge in [-0.1, -0.05) is 6.42 Å². The number of carboxylic acids is 3. The Bertz CT molecular complexity index is 886. The van der Waals surface area contributed by atoms with Crippen LogP contribution in [0.1, 0.15) is 57.8 Å². The maximum Gasteiger partial charge on any atom is 0.326 e. The summed E-state index contributed by atoms with van der Waals surface area (Å²) in [6.45, 7) is -0.0425. The number of carboxylic acid groups (broad SMARTS) is 3. The van der Waals surface area contributed by atoms with Crippen molar-refractivity contribution in [3.05, 3.63) is 0 Å². The Labute approximate surface area is 231 Å². The third-order valence-electron chi connectivity index (χ3n) is 5.60. The van der Waals surface area contributed by atoms with E-state index < -0.39 is 85.1 Å². The quantitative estimate of drug-likeness (QED) is 0.0563. The van der Waals surface area contributed by atoms with Crippen molar-refractivity contribution in [2.45, 2.75) is 82.0 Å². The molecule has 228 valence electrons. The number of carbonyl (C=O) groups excluding carboxylic acids is 4. The van der Waals surface area contributed by atoms with E-state index in [2.05, 4.69) is 21.3 Å². The smallest absolute Gasteiger partial charge is 0.326 e. The summed E-state index contributed by atoms with van der Waals surface area (Å²) in [5, 5.41) is 36.2. The Morgan fingerprint density at radius 2 is 1.20 bits per heavy atom. The van der Waals surface area contributed by atoms with E-state index >= 15 is 0 Å². The summed E-state index contributed by atoms with van der Waals surface area (Å²) in [6.07, 6.45) is 0.716. The largest absolute Gasteiger partial charge is 0.481 e. The summed E-state index contributed by atoms with van der Waals surface area (Å²) in [4.78, 5) is 83.6. The molecular formula is C23H41N7O10. The van der Waals surface area contributed by atoms with Gasteiger partial charge in [-0.2, -0.15) is 0 Å². The molecule has 17 nitrogen and oxygen atoms in total. The monoisotopic (exact) mass is 575 g/mol. The van der Waals surface area contributed by atoms with Crippen LogP contribution in [0, 0.1) is 0 Å². The van der Waals surface area contributed by atoms with Gasteiger partial charge >= 0.3 is 17.9 Å². The highest BCUT2D eigenvalue weighted by molar-refractivity contribution is 5.95. The summed E-state index contributed by atoms with van der Waals surface area (Å²) >= 11 is 0. The number of rotatable bonds is 22. The maximum atomic E-state index is 12.6. The molecule has 0 radical (unpaired) electrons. The number of hydrogen-bond donors (Lipinski definition) is 10. The van der Waals surface area contributed by atoms with E-state index in [0.717, 1.165) is 0 Å². The van der Waals surface area contributed by atoms with Crippen LogP contribution in [0.4, 0.5) is 0 Å². The number of aliphatic carboxylic acids is 3. The average molecular weight is 576 g/mol. The second-order valence-corrected chi connectivity index (χ2v) is 9.00. The van der Waals surface area contributed by atoms with Crippen LogP contribution in [0.5, 0.6) is 0 Å². The van der Waals surface area contributed by atoms with Crippen molar-refractivity contribution in [2.75, 3.05) is 19.6 Å². The summed E-state index contributed by atoms with van der Waals surface area (Å²) in [7, 11) is 0. The van der Waals surface area contributed by atoms with Crippen molar-refractivity contribution in [3.8, 4) is 0 Å². The molecule has 0 fully saturated rings. The van der Waals surface area contributed by atoms with Crippen LogP contribution in [-0.4, -0.2) is 101 Å². The molecule has 4 unspecified atom stereocenters. The standard InChI is InChI=1S/C23H41N7O10/c24-9-3-1-5-13(26)20(36)29-14(7-8-18(32)33)21(37)27-12-17(31)28-16(11-19(34)35)22(38)30-15(23(39)40)6-2-4-10-25/h13-16H,1-12,24-26H2,(H,27,37)(H,28,31)(H,29,36)(H,30,38)(H,32,33)(H,34,35)(H,39,40). The molecule has 0 bridgehead atoms. The van der Waals surface area contributed by atoms with Crippen molar-refractivity contribution < 1.29 is 48.9 Å². The van der Waals surface area contributed by atoms with Crippen LogP contribution < -0.4 is 38.5 Å². The lowest BCUT2D eigenvalue weighted by molar-refractivity contribution is -0.143. The molecule has 13 N–H and O–H groups in total. The second-order valence-electron chi connectivity index (χ2n) is 9.00. The zero-order chi connectivity index (χ0) is 30.7. The molecule has 0 aromatic carbocycles. The Balaban J connectivity index is 5.22. The van der Waals surface area contributed by atoms with Gasteiger partial charge in [0.15, 0.2) is 0 Å². The predicted molar refractivity (Wildman–Crippen MR) is 139 cm³/mol. The minimum absolute atomic E-state index is 0.0300. The number of nitrogens with two attached hydrogens (primary N) is 3. The average Bonchev–Trinajstić information content (AvgIpc) is 2.88. The molecule has 17 heteroatoms. The van der Waals surface area contributed by atoms with Gasteiger partial charge < -0.3 is 53.8 Å². The Morgan fingerprint density at radius 3 is 1.73 bits per heavy atom. The Morgan fingerprint density at radius 1 is 0.625 bits per heavy atom. The molecule has 40 heavy (non-hydrogen) atoms. The molecule has 0 saturated carbocycles. The van der Waals surface area contributed by atoms with Crippen LogP contribution in [0.15, 0.2) is 0 Å². The topological polar surface area (TPSA) is 306 Å².